The van der Waals surface area contributed by atoms with Crippen LogP contribution in [0.5, 0.6) is 0 Å². The fraction of sp³-hybridized carbons (Fsp3) is 0.250. The molecule has 2 aromatic rings. The molecule has 2 rings (SSSR count). The summed E-state index contributed by atoms with van der Waals surface area (Å²) in [5.41, 5.74) is 2.94. The van der Waals surface area contributed by atoms with Crippen LogP contribution in [0.1, 0.15) is 54.0 Å². The van der Waals surface area contributed by atoms with E-state index in [1.165, 1.54) is 6.92 Å². The minimum Gasteiger partial charge on any atom is -0.332 e. The number of hydrogen-bond acceptors (Lipinski definition) is 3. The second-order valence-electron chi connectivity index (χ2n) is 6.99. The van der Waals surface area contributed by atoms with Crippen molar-refractivity contribution in [1.29, 1.82) is 0 Å². The third-order valence-corrected chi connectivity index (χ3v) is 4.68. The molecule has 0 radical (unpaired) electrons. The highest BCUT2D eigenvalue weighted by Gasteiger charge is 2.18. The van der Waals surface area contributed by atoms with Gasteiger partial charge in [-0.25, -0.2) is 0 Å². The number of anilines is 1. The summed E-state index contributed by atoms with van der Waals surface area (Å²) in [5.74, 6) is -0.291. The van der Waals surface area contributed by atoms with Gasteiger partial charge in [-0.1, -0.05) is 42.8 Å². The van der Waals surface area contributed by atoms with E-state index in [1.54, 1.807) is 36.4 Å². The Morgan fingerprint density at radius 1 is 1.00 bits per heavy atom. The number of ketones is 1. The van der Waals surface area contributed by atoms with Gasteiger partial charge in [-0.3, -0.25) is 14.9 Å². The van der Waals surface area contributed by atoms with Crippen molar-refractivity contribution in [2.45, 2.75) is 33.1 Å². The molecule has 1 amide bonds. The van der Waals surface area contributed by atoms with E-state index in [4.69, 9.17) is 12.2 Å². The van der Waals surface area contributed by atoms with Crippen LogP contribution >= 0.6 is 28.1 Å². The van der Waals surface area contributed by atoms with Gasteiger partial charge in [0.05, 0.1) is 0 Å². The Hall–Kier alpha value is -2.05. The average Bonchev–Trinajstić information content (AvgIpc) is 2.53. The summed E-state index contributed by atoms with van der Waals surface area (Å²) in [6.07, 6.45) is 0. The maximum absolute atomic E-state index is 12.4. The molecule has 26 heavy (non-hydrogen) atoms. The van der Waals surface area contributed by atoms with Crippen molar-refractivity contribution >= 4 is 50.6 Å². The number of halogens is 1. The van der Waals surface area contributed by atoms with Crippen molar-refractivity contribution in [3.63, 3.8) is 0 Å². The van der Waals surface area contributed by atoms with Crippen LogP contribution in [0.25, 0.3) is 0 Å². The van der Waals surface area contributed by atoms with E-state index in [0.29, 0.717) is 16.8 Å². The molecule has 0 heterocycles. The lowest BCUT2D eigenvalue weighted by molar-refractivity contribution is 0.0976. The molecule has 0 bridgehead atoms. The van der Waals surface area contributed by atoms with E-state index in [2.05, 4.69) is 47.3 Å². The van der Waals surface area contributed by atoms with Crippen molar-refractivity contribution in [3.8, 4) is 0 Å². The first-order chi connectivity index (χ1) is 12.1. The molecular formula is C20H21BrN2O2S. The number of hydrogen-bond donors (Lipinski definition) is 2. The standard InChI is InChI=1S/C20H21BrN2O2S/c1-12(24)13-5-8-15(9-6-13)22-19(26)23-18(25)14-7-10-16(17(21)11-14)20(2,3)4/h5-11H,1-4H3,(H2,22,23,25,26). The molecule has 4 nitrogen and oxygen atoms in total. The lowest BCUT2D eigenvalue weighted by atomic mass is 9.86. The SMILES string of the molecule is CC(=O)c1ccc(NC(=S)NC(=O)c2ccc(C(C)(C)C)c(Br)c2)cc1. The molecule has 2 N–H and O–H groups in total. The zero-order valence-corrected chi connectivity index (χ0v) is 17.5. The van der Waals surface area contributed by atoms with Gasteiger partial charge in [-0.05, 0) is 66.5 Å². The summed E-state index contributed by atoms with van der Waals surface area (Å²) in [6, 6.07) is 12.4. The maximum atomic E-state index is 12.4. The fourth-order valence-electron chi connectivity index (χ4n) is 2.39. The highest BCUT2D eigenvalue weighted by Crippen LogP contribution is 2.30. The van der Waals surface area contributed by atoms with E-state index >= 15 is 0 Å². The van der Waals surface area contributed by atoms with Gasteiger partial charge < -0.3 is 5.32 Å². The van der Waals surface area contributed by atoms with Gasteiger partial charge in [0.1, 0.15) is 0 Å². The zero-order valence-electron chi connectivity index (χ0n) is 15.1. The monoisotopic (exact) mass is 432 g/mol. The van der Waals surface area contributed by atoms with Gasteiger partial charge in [-0.15, -0.1) is 0 Å². The smallest absolute Gasteiger partial charge is 0.257 e. The van der Waals surface area contributed by atoms with Crippen LogP contribution in [0.15, 0.2) is 46.9 Å². The third kappa shape index (κ3) is 5.22. The minimum atomic E-state index is -0.288. The van der Waals surface area contributed by atoms with Gasteiger partial charge >= 0.3 is 0 Å². The maximum Gasteiger partial charge on any atom is 0.257 e. The molecule has 0 aromatic heterocycles. The van der Waals surface area contributed by atoms with Crippen LogP contribution in [0.3, 0.4) is 0 Å². The first-order valence-corrected chi connectivity index (χ1v) is 9.31. The highest BCUT2D eigenvalue weighted by molar-refractivity contribution is 9.10. The zero-order chi connectivity index (χ0) is 19.5. The number of Topliss-reactive ketones (excluding diaryl/α,β-unsaturated/α-hetero) is 1. The Kier molecular flexibility index (Phi) is 6.31. The molecule has 0 aliphatic rings. The van der Waals surface area contributed by atoms with Crippen LogP contribution in [0, 0.1) is 0 Å². The van der Waals surface area contributed by atoms with Gasteiger partial charge in [0.2, 0.25) is 0 Å². The number of carbonyl (C=O) groups is 2. The molecule has 0 saturated heterocycles. The Morgan fingerprint density at radius 2 is 1.58 bits per heavy atom. The van der Waals surface area contributed by atoms with Crippen molar-refractivity contribution < 1.29 is 9.59 Å². The normalized spacial score (nSPS) is 11.0. The lowest BCUT2D eigenvalue weighted by Crippen LogP contribution is -2.34. The molecular weight excluding hydrogens is 412 g/mol. The summed E-state index contributed by atoms with van der Waals surface area (Å²) in [5, 5.41) is 5.79. The van der Waals surface area contributed by atoms with Crippen LogP contribution in [-0.2, 0) is 5.41 Å². The molecule has 0 unspecified atom stereocenters. The number of rotatable bonds is 3. The topological polar surface area (TPSA) is 58.2 Å². The Balaban J connectivity index is 2.04. The summed E-state index contributed by atoms with van der Waals surface area (Å²) in [6.45, 7) is 7.85. The summed E-state index contributed by atoms with van der Waals surface area (Å²) >= 11 is 8.73. The Morgan fingerprint density at radius 3 is 2.08 bits per heavy atom. The van der Waals surface area contributed by atoms with Crippen molar-refractivity contribution in [2.24, 2.45) is 0 Å². The molecule has 6 heteroatoms. The van der Waals surface area contributed by atoms with E-state index in [9.17, 15) is 9.59 Å². The molecule has 0 fully saturated rings. The van der Waals surface area contributed by atoms with Crippen molar-refractivity contribution in [1.82, 2.24) is 5.32 Å². The van der Waals surface area contributed by atoms with Crippen molar-refractivity contribution in [3.05, 3.63) is 63.6 Å². The first-order valence-electron chi connectivity index (χ1n) is 8.11. The second kappa shape index (κ2) is 8.10. The van der Waals surface area contributed by atoms with Crippen LogP contribution < -0.4 is 10.6 Å². The quantitative estimate of drug-likeness (QED) is 0.524. The molecule has 2 aromatic carbocycles. The predicted molar refractivity (Wildman–Crippen MR) is 113 cm³/mol. The number of amides is 1. The van der Waals surface area contributed by atoms with Crippen LogP contribution in [0.2, 0.25) is 0 Å². The molecule has 0 saturated carbocycles. The summed E-state index contributed by atoms with van der Waals surface area (Å²) in [7, 11) is 0. The molecule has 0 spiro atoms. The van der Waals surface area contributed by atoms with E-state index in [-0.39, 0.29) is 22.2 Å². The van der Waals surface area contributed by atoms with Gasteiger partial charge in [0.25, 0.3) is 5.91 Å². The highest BCUT2D eigenvalue weighted by atomic mass is 79.9. The largest absolute Gasteiger partial charge is 0.332 e. The number of benzene rings is 2. The Bertz CT molecular complexity index is 855. The van der Waals surface area contributed by atoms with Gasteiger partial charge in [0, 0.05) is 21.3 Å². The average molecular weight is 433 g/mol. The molecule has 136 valence electrons. The van der Waals surface area contributed by atoms with E-state index in [0.717, 1.165) is 10.0 Å². The number of carbonyl (C=O) groups excluding carboxylic acids is 2. The van der Waals surface area contributed by atoms with Gasteiger partial charge in [-0.2, -0.15) is 0 Å². The minimum absolute atomic E-state index is 0.00305. The van der Waals surface area contributed by atoms with Crippen LogP contribution in [-0.4, -0.2) is 16.8 Å². The third-order valence-electron chi connectivity index (χ3n) is 3.82. The van der Waals surface area contributed by atoms with E-state index in [1.807, 2.05) is 6.07 Å². The predicted octanol–water partition coefficient (Wildman–Crippen LogP) is 5.08. The molecule has 0 aliphatic carbocycles. The first kappa shape index (κ1) is 20.3. The second-order valence-corrected chi connectivity index (χ2v) is 8.25. The van der Waals surface area contributed by atoms with E-state index < -0.39 is 0 Å². The fourth-order valence-corrected chi connectivity index (χ4v) is 3.57. The lowest BCUT2D eigenvalue weighted by Gasteiger charge is -2.21. The Labute approximate surface area is 167 Å². The summed E-state index contributed by atoms with van der Waals surface area (Å²) < 4.78 is 0.886. The van der Waals surface area contributed by atoms with Gasteiger partial charge in [0.15, 0.2) is 10.9 Å². The number of nitrogens with one attached hydrogen (secondary N) is 2. The van der Waals surface area contributed by atoms with Crippen LogP contribution in [0.4, 0.5) is 5.69 Å². The van der Waals surface area contributed by atoms with Crippen molar-refractivity contribution in [2.75, 3.05) is 5.32 Å². The number of thiocarbonyl (C=S) groups is 1. The molecule has 0 aliphatic heterocycles. The molecule has 0 atom stereocenters. The summed E-state index contributed by atoms with van der Waals surface area (Å²) in [4.78, 5) is 23.7.